The summed E-state index contributed by atoms with van der Waals surface area (Å²) in [4.78, 5) is 17.7. The molecule has 0 saturated heterocycles. The zero-order valence-corrected chi connectivity index (χ0v) is 17.7. The van der Waals surface area contributed by atoms with E-state index in [1.165, 1.54) is 38.5 Å². The van der Waals surface area contributed by atoms with Gasteiger partial charge < -0.3 is 10.1 Å². The van der Waals surface area contributed by atoms with Gasteiger partial charge in [-0.25, -0.2) is 9.79 Å². The second-order valence-electron chi connectivity index (χ2n) is 8.54. The van der Waals surface area contributed by atoms with Crippen molar-refractivity contribution >= 4 is 12.0 Å². The van der Waals surface area contributed by atoms with Crippen LogP contribution in [0.2, 0.25) is 0 Å². The average molecular weight is 405 g/mol. The van der Waals surface area contributed by atoms with E-state index in [1.54, 1.807) is 0 Å². The summed E-state index contributed by atoms with van der Waals surface area (Å²) in [5.74, 6) is -0.340. The molecule has 2 aliphatic carbocycles. The number of carbonyl (C=O) groups is 1. The van der Waals surface area contributed by atoms with E-state index in [-0.39, 0.29) is 12.0 Å². The first-order valence-electron chi connectivity index (χ1n) is 11.5. The highest BCUT2D eigenvalue weighted by Gasteiger charge is 2.21. The maximum absolute atomic E-state index is 12.8. The van der Waals surface area contributed by atoms with Gasteiger partial charge in [-0.3, -0.25) is 0 Å². The number of hydrogen-bond donors (Lipinski definition) is 1. The number of benzene rings is 2. The van der Waals surface area contributed by atoms with Gasteiger partial charge in [0.15, 0.2) is 0 Å². The number of ether oxygens (including phenoxy) is 1. The van der Waals surface area contributed by atoms with Gasteiger partial charge in [-0.15, -0.1) is 0 Å². The molecule has 4 heteroatoms. The SMILES string of the molecule is O=C(OC(=NC1CCCCC1)NC1CCCCC1)c1ccc(-c2ccccc2)cc1. The third-order valence-corrected chi connectivity index (χ3v) is 6.22. The zero-order valence-electron chi connectivity index (χ0n) is 17.7. The fourth-order valence-corrected chi connectivity index (χ4v) is 4.47. The highest BCUT2D eigenvalue weighted by molar-refractivity contribution is 5.98. The molecule has 0 aliphatic heterocycles. The molecule has 1 N–H and O–H groups in total. The quantitative estimate of drug-likeness (QED) is 0.379. The molecule has 0 spiro atoms. The maximum Gasteiger partial charge on any atom is 0.345 e. The number of carbonyl (C=O) groups excluding carboxylic acids is 1. The Hall–Kier alpha value is -2.62. The first kappa shape index (κ1) is 20.6. The molecule has 0 aromatic heterocycles. The minimum atomic E-state index is -0.340. The number of nitrogens with zero attached hydrogens (tertiary/aromatic N) is 1. The highest BCUT2D eigenvalue weighted by atomic mass is 16.6. The number of aliphatic imine (C=N–C) groups is 1. The summed E-state index contributed by atoms with van der Waals surface area (Å²) < 4.78 is 5.79. The van der Waals surface area contributed by atoms with Gasteiger partial charge >= 0.3 is 5.97 Å². The Bertz CT molecular complexity index is 833. The van der Waals surface area contributed by atoms with E-state index in [0.717, 1.165) is 36.8 Å². The van der Waals surface area contributed by atoms with Crippen molar-refractivity contribution in [2.45, 2.75) is 76.3 Å². The molecule has 4 nitrogen and oxygen atoms in total. The van der Waals surface area contributed by atoms with Crippen LogP contribution >= 0.6 is 0 Å². The van der Waals surface area contributed by atoms with Crippen molar-refractivity contribution in [2.24, 2.45) is 4.99 Å². The normalized spacial score (nSPS) is 18.7. The summed E-state index contributed by atoms with van der Waals surface area (Å²) in [5.41, 5.74) is 2.77. The van der Waals surface area contributed by atoms with Crippen LogP contribution < -0.4 is 5.32 Å². The van der Waals surface area contributed by atoms with E-state index in [1.807, 2.05) is 42.5 Å². The van der Waals surface area contributed by atoms with E-state index >= 15 is 0 Å². The molecule has 30 heavy (non-hydrogen) atoms. The van der Waals surface area contributed by atoms with Crippen LogP contribution in [0, 0.1) is 0 Å². The lowest BCUT2D eigenvalue weighted by atomic mass is 9.95. The molecule has 2 aromatic rings. The molecule has 0 heterocycles. The third kappa shape index (κ3) is 5.71. The predicted octanol–water partition coefficient (Wildman–Crippen LogP) is 6.12. The van der Waals surface area contributed by atoms with Crippen molar-refractivity contribution in [1.82, 2.24) is 5.32 Å². The topological polar surface area (TPSA) is 50.7 Å². The number of hydrogen-bond acceptors (Lipinski definition) is 3. The van der Waals surface area contributed by atoms with E-state index in [9.17, 15) is 4.79 Å². The Morgan fingerprint density at radius 1 is 0.767 bits per heavy atom. The van der Waals surface area contributed by atoms with Crippen LogP contribution in [0.15, 0.2) is 59.6 Å². The van der Waals surface area contributed by atoms with E-state index in [2.05, 4.69) is 17.4 Å². The van der Waals surface area contributed by atoms with E-state index < -0.39 is 0 Å². The molecule has 0 unspecified atom stereocenters. The van der Waals surface area contributed by atoms with Crippen molar-refractivity contribution in [1.29, 1.82) is 0 Å². The minimum Gasteiger partial charge on any atom is -0.389 e. The molecule has 2 fully saturated rings. The van der Waals surface area contributed by atoms with Gasteiger partial charge in [0.25, 0.3) is 6.02 Å². The summed E-state index contributed by atoms with van der Waals surface area (Å²) in [6.07, 6.45) is 11.8. The molecular weight excluding hydrogens is 372 g/mol. The Morgan fingerprint density at radius 2 is 1.37 bits per heavy atom. The first-order chi connectivity index (χ1) is 14.8. The molecule has 0 amide bonds. The average Bonchev–Trinajstić information content (AvgIpc) is 2.81. The standard InChI is InChI=1S/C26H32N2O2/c29-25(22-18-16-21(17-19-22)20-10-4-1-5-11-20)30-26(27-23-12-6-2-7-13-23)28-24-14-8-3-9-15-24/h1,4-5,10-11,16-19,23-24H,2-3,6-9,12-15H2,(H,27,28). The van der Waals surface area contributed by atoms with E-state index in [0.29, 0.717) is 17.6 Å². The lowest BCUT2D eigenvalue weighted by Gasteiger charge is -2.25. The molecule has 2 aromatic carbocycles. The predicted molar refractivity (Wildman–Crippen MR) is 122 cm³/mol. The molecule has 0 bridgehead atoms. The van der Waals surface area contributed by atoms with Crippen LogP contribution in [0.1, 0.15) is 74.6 Å². The fraction of sp³-hybridized carbons (Fsp3) is 0.462. The largest absolute Gasteiger partial charge is 0.389 e. The smallest absolute Gasteiger partial charge is 0.345 e. The first-order valence-corrected chi connectivity index (χ1v) is 11.5. The van der Waals surface area contributed by atoms with Crippen LogP contribution in [0.3, 0.4) is 0 Å². The molecule has 158 valence electrons. The molecule has 2 aliphatic rings. The van der Waals surface area contributed by atoms with Crippen molar-refractivity contribution in [3.63, 3.8) is 0 Å². The van der Waals surface area contributed by atoms with Crippen molar-refractivity contribution in [2.75, 3.05) is 0 Å². The molecule has 0 atom stereocenters. The Kier molecular flexibility index (Phi) is 7.17. The third-order valence-electron chi connectivity index (χ3n) is 6.22. The van der Waals surface area contributed by atoms with Gasteiger partial charge in [-0.2, -0.15) is 0 Å². The number of rotatable bonds is 4. The summed E-state index contributed by atoms with van der Waals surface area (Å²) in [6, 6.07) is 18.8. The number of nitrogens with one attached hydrogen (secondary N) is 1. The van der Waals surface area contributed by atoms with Gasteiger partial charge in [-0.1, -0.05) is 81.0 Å². The summed E-state index contributed by atoms with van der Waals surface area (Å²) in [5, 5.41) is 3.45. The lowest BCUT2D eigenvalue weighted by molar-refractivity contribution is 0.0703. The van der Waals surface area contributed by atoms with Gasteiger partial charge in [0.2, 0.25) is 0 Å². The van der Waals surface area contributed by atoms with Gasteiger partial charge in [0.05, 0.1) is 11.6 Å². The minimum absolute atomic E-state index is 0.262. The van der Waals surface area contributed by atoms with Gasteiger partial charge in [-0.05, 0) is 48.9 Å². The molecule has 4 rings (SSSR count). The second-order valence-corrected chi connectivity index (χ2v) is 8.54. The Balaban J connectivity index is 1.45. The lowest BCUT2D eigenvalue weighted by Crippen LogP contribution is -2.39. The second kappa shape index (κ2) is 10.4. The van der Waals surface area contributed by atoms with Crippen LogP contribution in [0.25, 0.3) is 11.1 Å². The summed E-state index contributed by atoms with van der Waals surface area (Å²) in [7, 11) is 0. The van der Waals surface area contributed by atoms with Crippen molar-refractivity contribution in [3.05, 3.63) is 60.2 Å². The van der Waals surface area contributed by atoms with Gasteiger partial charge in [0, 0.05) is 6.04 Å². The van der Waals surface area contributed by atoms with Crippen LogP contribution in [0.4, 0.5) is 0 Å². The zero-order chi connectivity index (χ0) is 20.6. The van der Waals surface area contributed by atoms with Crippen LogP contribution in [-0.2, 0) is 4.74 Å². The molecular formula is C26H32N2O2. The van der Waals surface area contributed by atoms with Crippen molar-refractivity contribution in [3.8, 4) is 11.1 Å². The monoisotopic (exact) mass is 404 g/mol. The number of esters is 1. The fourth-order valence-electron chi connectivity index (χ4n) is 4.47. The molecule has 2 saturated carbocycles. The maximum atomic E-state index is 12.8. The van der Waals surface area contributed by atoms with Crippen LogP contribution in [-0.4, -0.2) is 24.1 Å². The Labute approximate surface area is 179 Å². The van der Waals surface area contributed by atoms with Crippen LogP contribution in [0.5, 0.6) is 0 Å². The molecule has 0 radical (unpaired) electrons. The number of amidine groups is 1. The van der Waals surface area contributed by atoms with Crippen molar-refractivity contribution < 1.29 is 9.53 Å². The van der Waals surface area contributed by atoms with Gasteiger partial charge in [0.1, 0.15) is 0 Å². The Morgan fingerprint density at radius 3 is 2.03 bits per heavy atom. The summed E-state index contributed by atoms with van der Waals surface area (Å²) in [6.45, 7) is 0. The highest BCUT2D eigenvalue weighted by Crippen LogP contribution is 2.22. The summed E-state index contributed by atoms with van der Waals surface area (Å²) >= 11 is 0. The van der Waals surface area contributed by atoms with E-state index in [4.69, 9.17) is 9.73 Å².